The molecule has 0 bridgehead atoms. The first-order valence-corrected chi connectivity index (χ1v) is 13.4. The van der Waals surface area contributed by atoms with Crippen molar-refractivity contribution in [2.75, 3.05) is 0 Å². The fourth-order valence-corrected chi connectivity index (χ4v) is 8.49. The van der Waals surface area contributed by atoms with Gasteiger partial charge in [-0.25, -0.2) is 0 Å². The van der Waals surface area contributed by atoms with Crippen LogP contribution in [0.1, 0.15) is 90.5 Å². The number of pyridine rings is 2. The minimum Gasteiger partial charge on any atom is -0.256 e. The van der Waals surface area contributed by atoms with Crippen LogP contribution >= 0.6 is 0 Å². The average Bonchev–Trinajstić information content (AvgIpc) is 3.10. The highest BCUT2D eigenvalue weighted by atomic mass is 14.7. The van der Waals surface area contributed by atoms with E-state index in [0.29, 0.717) is 0 Å². The van der Waals surface area contributed by atoms with Crippen LogP contribution in [0.2, 0.25) is 0 Å². The van der Waals surface area contributed by atoms with Gasteiger partial charge >= 0.3 is 0 Å². The number of hydrogen-bond acceptors (Lipinski definition) is 2. The molecule has 0 saturated heterocycles. The van der Waals surface area contributed by atoms with E-state index >= 15 is 0 Å². The van der Waals surface area contributed by atoms with Crippen LogP contribution in [-0.2, 0) is 21.7 Å². The second-order valence-corrected chi connectivity index (χ2v) is 14.2. The summed E-state index contributed by atoms with van der Waals surface area (Å²) in [7, 11) is 0. The molecule has 2 aromatic heterocycles. The summed E-state index contributed by atoms with van der Waals surface area (Å²) in [5.41, 5.74) is 8.60. The van der Waals surface area contributed by atoms with Gasteiger partial charge in [0.15, 0.2) is 0 Å². The minimum absolute atomic E-state index is 0.144. The summed E-state index contributed by atoms with van der Waals surface area (Å²) in [5.74, 6) is 0. The fraction of sp³-hybridized carbons (Fsp3) is 0.412. The molecule has 36 heavy (non-hydrogen) atoms. The number of hydrogen-bond donors (Lipinski definition) is 0. The Morgan fingerprint density at radius 2 is 0.889 bits per heavy atom. The average molecular weight is 473 g/mol. The summed E-state index contributed by atoms with van der Waals surface area (Å²) in [4.78, 5) is 10.00. The molecule has 0 saturated carbocycles. The van der Waals surface area contributed by atoms with Gasteiger partial charge in [0.1, 0.15) is 0 Å². The maximum atomic E-state index is 5.00. The number of benzene rings is 3. The molecule has 182 valence electrons. The molecule has 0 amide bonds. The van der Waals surface area contributed by atoms with Crippen molar-refractivity contribution in [1.29, 1.82) is 0 Å². The summed E-state index contributed by atoms with van der Waals surface area (Å²) in [6.45, 7) is 19.0. The van der Waals surface area contributed by atoms with Gasteiger partial charge in [-0.1, -0.05) is 67.5 Å². The molecule has 2 aliphatic rings. The molecular weight excluding hydrogens is 436 g/mol. The fourth-order valence-electron chi connectivity index (χ4n) is 8.49. The zero-order valence-electron chi connectivity index (χ0n) is 22.9. The van der Waals surface area contributed by atoms with Gasteiger partial charge in [0.2, 0.25) is 0 Å². The Bertz CT molecular complexity index is 1650. The summed E-state index contributed by atoms with van der Waals surface area (Å²) < 4.78 is 0. The summed E-state index contributed by atoms with van der Waals surface area (Å²) >= 11 is 0. The van der Waals surface area contributed by atoms with Crippen LogP contribution in [0.4, 0.5) is 0 Å². The van der Waals surface area contributed by atoms with E-state index in [9.17, 15) is 0 Å². The van der Waals surface area contributed by atoms with Crippen LogP contribution < -0.4 is 0 Å². The van der Waals surface area contributed by atoms with Crippen LogP contribution in [0.3, 0.4) is 0 Å². The largest absolute Gasteiger partial charge is 0.256 e. The highest BCUT2D eigenvalue weighted by Gasteiger charge is 2.44. The highest BCUT2D eigenvalue weighted by Crippen LogP contribution is 2.53. The quantitative estimate of drug-likeness (QED) is 0.166. The van der Waals surface area contributed by atoms with Crippen LogP contribution in [0.25, 0.3) is 43.4 Å². The molecule has 2 heterocycles. The Kier molecular flexibility index (Phi) is 3.99. The van der Waals surface area contributed by atoms with Crippen molar-refractivity contribution in [2.45, 2.75) is 89.9 Å². The van der Waals surface area contributed by atoms with Crippen LogP contribution in [0, 0.1) is 0 Å². The van der Waals surface area contributed by atoms with E-state index in [-0.39, 0.29) is 21.7 Å². The maximum absolute atomic E-state index is 5.00. The molecular formula is C34H36N2. The Morgan fingerprint density at radius 3 is 1.28 bits per heavy atom. The van der Waals surface area contributed by atoms with Gasteiger partial charge in [-0.2, -0.15) is 0 Å². The van der Waals surface area contributed by atoms with Crippen molar-refractivity contribution in [3.63, 3.8) is 0 Å². The van der Waals surface area contributed by atoms with E-state index in [0.717, 1.165) is 23.9 Å². The summed E-state index contributed by atoms with van der Waals surface area (Å²) in [5, 5.41) is 7.74. The highest BCUT2D eigenvalue weighted by molar-refractivity contribution is 6.15. The van der Waals surface area contributed by atoms with Crippen molar-refractivity contribution in [3.05, 3.63) is 71.0 Å². The smallest absolute Gasteiger partial charge is 0.0711 e. The monoisotopic (exact) mass is 472 g/mol. The van der Waals surface area contributed by atoms with Gasteiger partial charge < -0.3 is 0 Å². The molecule has 0 fully saturated rings. The van der Waals surface area contributed by atoms with Crippen LogP contribution in [0.15, 0.2) is 48.8 Å². The Morgan fingerprint density at radius 1 is 0.500 bits per heavy atom. The van der Waals surface area contributed by atoms with Crippen molar-refractivity contribution in [1.82, 2.24) is 9.97 Å². The molecule has 0 aliphatic heterocycles. The zero-order chi connectivity index (χ0) is 25.4. The van der Waals surface area contributed by atoms with Crippen LogP contribution in [0.5, 0.6) is 0 Å². The first-order chi connectivity index (χ1) is 16.8. The molecule has 2 nitrogen and oxygen atoms in total. The lowest BCUT2D eigenvalue weighted by Gasteiger charge is -2.23. The van der Waals surface area contributed by atoms with Crippen molar-refractivity contribution < 1.29 is 0 Å². The molecule has 5 aromatic rings. The molecule has 0 radical (unpaired) electrons. The Balaban J connectivity index is 1.53. The zero-order valence-corrected chi connectivity index (χ0v) is 22.9. The SMILES string of the molecule is CC1(C)CC(C)(C)c2c1cnc1cc3c(ccc4cc5c6c(cnc5cc43)C(C)(C)CC6(C)C)cc21. The lowest BCUT2D eigenvalue weighted by Crippen LogP contribution is -2.18. The predicted octanol–water partition coefficient (Wildman–Crippen LogP) is 9.01. The lowest BCUT2D eigenvalue weighted by atomic mass is 9.81. The van der Waals surface area contributed by atoms with E-state index in [1.807, 2.05) is 0 Å². The topological polar surface area (TPSA) is 25.8 Å². The predicted molar refractivity (Wildman–Crippen MR) is 153 cm³/mol. The van der Waals surface area contributed by atoms with Gasteiger partial charge in [0, 0.05) is 23.2 Å². The van der Waals surface area contributed by atoms with Gasteiger partial charge in [-0.3, -0.25) is 9.97 Å². The number of nitrogens with zero attached hydrogens (tertiary/aromatic N) is 2. The lowest BCUT2D eigenvalue weighted by molar-refractivity contribution is 0.403. The minimum atomic E-state index is 0.144. The molecule has 0 spiro atoms. The Labute approximate surface area is 214 Å². The van der Waals surface area contributed by atoms with Gasteiger partial charge in [-0.15, -0.1) is 0 Å². The van der Waals surface area contributed by atoms with Gasteiger partial charge in [-0.05, 0) is 103 Å². The number of rotatable bonds is 0. The maximum Gasteiger partial charge on any atom is 0.0711 e. The second-order valence-electron chi connectivity index (χ2n) is 14.2. The molecule has 2 aliphatic carbocycles. The summed E-state index contributed by atoms with van der Waals surface area (Å²) in [6.07, 6.45) is 6.60. The molecule has 0 atom stereocenters. The molecule has 0 unspecified atom stereocenters. The Hall–Kier alpha value is -3.00. The third kappa shape index (κ3) is 2.79. The van der Waals surface area contributed by atoms with E-state index in [2.05, 4.69) is 104 Å². The molecule has 0 N–H and O–H groups in total. The van der Waals surface area contributed by atoms with Gasteiger partial charge in [0.25, 0.3) is 0 Å². The number of aromatic nitrogens is 2. The first kappa shape index (κ1) is 22.2. The van der Waals surface area contributed by atoms with Crippen molar-refractivity contribution >= 4 is 43.4 Å². The normalized spacial score (nSPS) is 20.9. The molecule has 7 rings (SSSR count). The second kappa shape index (κ2) is 6.46. The third-order valence-electron chi connectivity index (χ3n) is 9.39. The van der Waals surface area contributed by atoms with Crippen LogP contribution in [-0.4, -0.2) is 9.97 Å². The summed E-state index contributed by atoms with van der Waals surface area (Å²) in [6, 6.07) is 14.0. The third-order valence-corrected chi connectivity index (χ3v) is 9.39. The van der Waals surface area contributed by atoms with E-state index in [1.165, 1.54) is 54.6 Å². The van der Waals surface area contributed by atoms with E-state index in [1.54, 1.807) is 0 Å². The van der Waals surface area contributed by atoms with E-state index in [4.69, 9.17) is 9.97 Å². The molecule has 2 heteroatoms. The molecule has 3 aromatic carbocycles. The van der Waals surface area contributed by atoms with Crippen molar-refractivity contribution in [3.8, 4) is 0 Å². The van der Waals surface area contributed by atoms with E-state index < -0.39 is 0 Å². The first-order valence-electron chi connectivity index (χ1n) is 13.4. The standard InChI is InChI=1S/C34H36N2/c1-31(2)17-33(5,6)29-23-11-19-9-10-20-12-24-28(14-22(20)21(19)13-27(23)35-15-25(29)31)36-16-26-30(24)34(7,8)18-32(26,3)4/h9-16H,17-18H2,1-8H3. The number of fused-ring (bicyclic) bond motifs is 9. The van der Waals surface area contributed by atoms with Gasteiger partial charge in [0.05, 0.1) is 11.0 Å². The van der Waals surface area contributed by atoms with Crippen molar-refractivity contribution in [2.24, 2.45) is 0 Å².